The van der Waals surface area contributed by atoms with E-state index in [9.17, 15) is 18.0 Å². The molecule has 0 unspecified atom stereocenters. The maximum atomic E-state index is 13.4. The van der Waals surface area contributed by atoms with Crippen LogP contribution in [0.5, 0.6) is 0 Å². The Hall–Kier alpha value is -3.11. The molecule has 232 valence electrons. The number of carbonyl (C=O) groups is 2. The van der Waals surface area contributed by atoms with Gasteiger partial charge in [0, 0.05) is 69.8 Å². The summed E-state index contributed by atoms with van der Waals surface area (Å²) in [5, 5.41) is 7.07. The first kappa shape index (κ1) is 30.9. The number of aromatic amines is 1. The van der Waals surface area contributed by atoms with Crippen LogP contribution in [0.3, 0.4) is 0 Å². The standard InChI is InChI=1S/C33H36Cl2N4O4S/c1-19-24(9-11-32(40)39-14-12-22(13-15-39)37-21-6-7-21)20(2)36-31(19)17-26-25-16-23(8-10-30(25)38-33(26)41)44(42,43)18-27-28(34)4-3-5-29(27)35/h3-5,8,10,16-17,21-22,36-37H,6-7,9,11-15,18H2,1-2H3,(H,38,41)/b26-17-. The molecular weight excluding hydrogens is 619 g/mol. The van der Waals surface area contributed by atoms with Crippen molar-refractivity contribution >= 4 is 62.2 Å². The molecule has 3 aliphatic rings. The second-order valence-corrected chi connectivity index (χ2v) is 14.8. The van der Waals surface area contributed by atoms with E-state index >= 15 is 0 Å². The Morgan fingerprint density at radius 2 is 1.70 bits per heavy atom. The minimum absolute atomic E-state index is 0.0700. The number of amides is 2. The molecule has 0 bridgehead atoms. The molecule has 2 amide bonds. The number of halogens is 2. The van der Waals surface area contributed by atoms with Crippen molar-refractivity contribution in [2.75, 3.05) is 18.4 Å². The number of likely N-dealkylation sites (tertiary alicyclic amines) is 1. The summed E-state index contributed by atoms with van der Waals surface area (Å²) < 4.78 is 26.7. The zero-order chi connectivity index (χ0) is 31.2. The fourth-order valence-electron chi connectivity index (χ4n) is 6.20. The molecule has 0 atom stereocenters. The lowest BCUT2D eigenvalue weighted by Gasteiger charge is -2.32. The summed E-state index contributed by atoms with van der Waals surface area (Å²) in [5.41, 5.74) is 5.47. The second-order valence-electron chi connectivity index (χ2n) is 12.0. The van der Waals surface area contributed by atoms with Crippen molar-refractivity contribution in [1.29, 1.82) is 0 Å². The van der Waals surface area contributed by atoms with E-state index in [-0.39, 0.29) is 32.5 Å². The molecule has 2 fully saturated rings. The lowest BCUT2D eigenvalue weighted by Crippen LogP contribution is -2.45. The normalized spacial score (nSPS) is 18.1. The number of aromatic nitrogens is 1. The Bertz CT molecular complexity index is 1750. The van der Waals surface area contributed by atoms with Gasteiger partial charge in [-0.05, 0) is 93.5 Å². The van der Waals surface area contributed by atoms with Crippen molar-refractivity contribution in [2.45, 2.75) is 75.1 Å². The molecule has 2 aliphatic heterocycles. The van der Waals surface area contributed by atoms with Crippen molar-refractivity contribution in [3.8, 4) is 0 Å². The average molecular weight is 656 g/mol. The van der Waals surface area contributed by atoms with Crippen LogP contribution in [0.4, 0.5) is 5.69 Å². The van der Waals surface area contributed by atoms with Crippen molar-refractivity contribution < 1.29 is 18.0 Å². The van der Waals surface area contributed by atoms with E-state index in [2.05, 4.69) is 15.6 Å². The lowest BCUT2D eigenvalue weighted by molar-refractivity contribution is -0.132. The van der Waals surface area contributed by atoms with Gasteiger partial charge in [-0.2, -0.15) is 0 Å². The lowest BCUT2D eigenvalue weighted by atomic mass is 10.0. The Morgan fingerprint density at radius 3 is 2.39 bits per heavy atom. The van der Waals surface area contributed by atoms with E-state index < -0.39 is 9.84 Å². The van der Waals surface area contributed by atoms with Crippen molar-refractivity contribution in [1.82, 2.24) is 15.2 Å². The Morgan fingerprint density at radius 1 is 1.02 bits per heavy atom. The zero-order valence-corrected chi connectivity index (χ0v) is 27.1. The van der Waals surface area contributed by atoms with Crippen LogP contribution < -0.4 is 10.6 Å². The predicted molar refractivity (Wildman–Crippen MR) is 175 cm³/mol. The van der Waals surface area contributed by atoms with E-state index in [4.69, 9.17) is 23.2 Å². The number of hydrogen-bond acceptors (Lipinski definition) is 5. The molecule has 2 aromatic carbocycles. The van der Waals surface area contributed by atoms with Crippen LogP contribution in [0.2, 0.25) is 10.0 Å². The highest BCUT2D eigenvalue weighted by molar-refractivity contribution is 7.90. The maximum absolute atomic E-state index is 13.4. The van der Waals surface area contributed by atoms with Gasteiger partial charge in [0.05, 0.1) is 16.2 Å². The molecule has 11 heteroatoms. The predicted octanol–water partition coefficient (Wildman–Crippen LogP) is 6.08. The first-order chi connectivity index (χ1) is 21.0. The van der Waals surface area contributed by atoms with Gasteiger partial charge in [-0.1, -0.05) is 29.3 Å². The average Bonchev–Trinajstić information content (AvgIpc) is 3.69. The Kier molecular flexibility index (Phi) is 8.67. The first-order valence-corrected chi connectivity index (χ1v) is 17.5. The third kappa shape index (κ3) is 6.47. The first-order valence-electron chi connectivity index (χ1n) is 15.0. The monoisotopic (exact) mass is 654 g/mol. The summed E-state index contributed by atoms with van der Waals surface area (Å²) in [6.07, 6.45) is 7.34. The van der Waals surface area contributed by atoms with E-state index in [0.717, 1.165) is 48.4 Å². The summed E-state index contributed by atoms with van der Waals surface area (Å²) >= 11 is 12.5. The minimum atomic E-state index is -3.82. The van der Waals surface area contributed by atoms with Crippen LogP contribution in [-0.4, -0.2) is 55.3 Å². The third-order valence-electron chi connectivity index (χ3n) is 8.93. The Balaban J connectivity index is 1.18. The molecule has 3 heterocycles. The highest BCUT2D eigenvalue weighted by Gasteiger charge is 2.30. The number of hydrogen-bond donors (Lipinski definition) is 3. The SMILES string of the molecule is Cc1[nH]c(/C=C2\C(=O)Nc3ccc(S(=O)(=O)Cc4c(Cl)cccc4Cl)cc32)c(C)c1CCC(=O)N1CCC(NC2CC2)CC1. The van der Waals surface area contributed by atoms with Crippen LogP contribution in [0, 0.1) is 13.8 Å². The van der Waals surface area contributed by atoms with Gasteiger partial charge in [0.15, 0.2) is 9.84 Å². The minimum Gasteiger partial charge on any atom is -0.359 e. The van der Waals surface area contributed by atoms with Gasteiger partial charge >= 0.3 is 0 Å². The van der Waals surface area contributed by atoms with Crippen molar-refractivity contribution in [3.63, 3.8) is 0 Å². The molecule has 8 nitrogen and oxygen atoms in total. The zero-order valence-electron chi connectivity index (χ0n) is 24.8. The van der Waals surface area contributed by atoms with Gasteiger partial charge in [-0.25, -0.2) is 8.42 Å². The van der Waals surface area contributed by atoms with Crippen LogP contribution in [0.25, 0.3) is 11.6 Å². The molecule has 1 saturated heterocycles. The molecule has 1 saturated carbocycles. The van der Waals surface area contributed by atoms with Gasteiger partial charge < -0.3 is 20.5 Å². The summed E-state index contributed by atoms with van der Waals surface area (Å²) in [6.45, 7) is 5.54. The number of nitrogens with zero attached hydrogens (tertiary/aromatic N) is 1. The number of aryl methyl sites for hydroxylation is 1. The van der Waals surface area contributed by atoms with Gasteiger partial charge in [0.2, 0.25) is 5.91 Å². The van der Waals surface area contributed by atoms with E-state index in [0.29, 0.717) is 47.3 Å². The third-order valence-corrected chi connectivity index (χ3v) is 11.3. The number of rotatable bonds is 9. The van der Waals surface area contributed by atoms with E-state index in [1.807, 2.05) is 18.7 Å². The van der Waals surface area contributed by atoms with Crippen molar-refractivity contribution in [2.24, 2.45) is 0 Å². The molecule has 44 heavy (non-hydrogen) atoms. The molecular formula is C33H36Cl2N4O4S. The smallest absolute Gasteiger partial charge is 0.256 e. The quantitative estimate of drug-likeness (QED) is 0.242. The van der Waals surface area contributed by atoms with Gasteiger partial charge in [-0.15, -0.1) is 0 Å². The number of carbonyl (C=O) groups excluding carboxylic acids is 2. The summed E-state index contributed by atoms with van der Waals surface area (Å²) in [5.74, 6) is -0.505. The highest BCUT2D eigenvalue weighted by atomic mass is 35.5. The topological polar surface area (TPSA) is 111 Å². The highest BCUT2D eigenvalue weighted by Crippen LogP contribution is 2.37. The van der Waals surface area contributed by atoms with Crippen LogP contribution in [0.15, 0.2) is 41.3 Å². The number of piperidine rings is 1. The molecule has 0 radical (unpaired) electrons. The van der Waals surface area contributed by atoms with Crippen LogP contribution in [0.1, 0.15) is 65.7 Å². The molecule has 6 rings (SSSR count). The number of H-pyrrole nitrogens is 1. The van der Waals surface area contributed by atoms with Crippen LogP contribution in [-0.2, 0) is 31.6 Å². The van der Waals surface area contributed by atoms with E-state index in [1.165, 1.54) is 25.0 Å². The Labute approximate surface area is 268 Å². The largest absolute Gasteiger partial charge is 0.359 e. The molecule has 3 aromatic rings. The second kappa shape index (κ2) is 12.4. The summed E-state index contributed by atoms with van der Waals surface area (Å²) in [7, 11) is -3.82. The van der Waals surface area contributed by atoms with Crippen molar-refractivity contribution in [3.05, 3.63) is 80.1 Å². The number of benzene rings is 2. The fourth-order valence-corrected chi connectivity index (χ4v) is 8.32. The van der Waals surface area contributed by atoms with Crippen LogP contribution >= 0.6 is 23.2 Å². The van der Waals surface area contributed by atoms with Gasteiger partial charge in [0.25, 0.3) is 5.91 Å². The molecule has 3 N–H and O–H groups in total. The number of sulfone groups is 1. The number of fused-ring (bicyclic) bond motifs is 1. The number of nitrogens with one attached hydrogen (secondary N) is 3. The maximum Gasteiger partial charge on any atom is 0.256 e. The molecule has 1 aromatic heterocycles. The fraction of sp³-hybridized carbons (Fsp3) is 0.394. The number of anilines is 1. The van der Waals surface area contributed by atoms with E-state index in [1.54, 1.807) is 30.3 Å². The molecule has 0 spiro atoms. The van der Waals surface area contributed by atoms with Gasteiger partial charge in [0.1, 0.15) is 0 Å². The summed E-state index contributed by atoms with van der Waals surface area (Å²) in [4.78, 5) is 31.5. The summed E-state index contributed by atoms with van der Waals surface area (Å²) in [6, 6.07) is 10.7. The molecule has 1 aliphatic carbocycles. The van der Waals surface area contributed by atoms with Gasteiger partial charge in [-0.3, -0.25) is 9.59 Å².